The van der Waals surface area contributed by atoms with E-state index in [2.05, 4.69) is 12.6 Å². The standard InChI is InChI=1S/C4H8S.Li.H/c1-2-3-4-5;;/h2-3,5H,4H2,1H3;;/q;+1;-1. The predicted octanol–water partition coefficient (Wildman–Crippen LogP) is -1.39. The number of hydrogen-bond acceptors (Lipinski definition) is 1. The molecule has 0 aromatic carbocycles. The monoisotopic (exact) mass is 96.1 g/mol. The fourth-order valence-electron chi connectivity index (χ4n) is 0.105. The molecular weight excluding hydrogens is 87.1 g/mol. The van der Waals surface area contributed by atoms with E-state index < -0.39 is 0 Å². The Morgan fingerprint density at radius 2 is 2.33 bits per heavy atom. The van der Waals surface area contributed by atoms with Gasteiger partial charge in [0.1, 0.15) is 0 Å². The Hall–Kier alpha value is 0.687. The molecule has 0 spiro atoms. The van der Waals surface area contributed by atoms with E-state index >= 15 is 0 Å². The molecule has 0 heterocycles. The molecule has 0 radical (unpaired) electrons. The molecule has 0 amide bonds. The molecule has 0 atom stereocenters. The number of allylic oxidation sites excluding steroid dienone is 1. The van der Waals surface area contributed by atoms with Crippen molar-refractivity contribution in [3.05, 3.63) is 12.2 Å². The van der Waals surface area contributed by atoms with Crippen molar-refractivity contribution in [1.82, 2.24) is 0 Å². The van der Waals surface area contributed by atoms with Gasteiger partial charge in [-0.15, -0.1) is 0 Å². The Morgan fingerprint density at radius 3 is 2.33 bits per heavy atom. The molecule has 0 bridgehead atoms. The molecule has 32 valence electrons. The second kappa shape index (κ2) is 9.19. The van der Waals surface area contributed by atoms with Crippen molar-refractivity contribution >= 4 is 12.6 Å². The second-order valence-corrected chi connectivity index (χ2v) is 1.12. The topological polar surface area (TPSA) is 0 Å². The third-order valence-electron chi connectivity index (χ3n) is 0.341. The average molecular weight is 96.1 g/mol. The van der Waals surface area contributed by atoms with Crippen LogP contribution in [0.3, 0.4) is 0 Å². The first-order valence-corrected chi connectivity index (χ1v) is 2.27. The zero-order valence-electron chi connectivity index (χ0n) is 5.31. The van der Waals surface area contributed by atoms with Crippen molar-refractivity contribution in [3.8, 4) is 0 Å². The smallest absolute Gasteiger partial charge is 1.00 e. The number of hydrogen-bond donors (Lipinski definition) is 1. The van der Waals surface area contributed by atoms with Crippen LogP contribution in [0.15, 0.2) is 12.2 Å². The molecule has 0 fully saturated rings. The zero-order valence-corrected chi connectivity index (χ0v) is 5.20. The Balaban J connectivity index is -0.0000000800. The van der Waals surface area contributed by atoms with Crippen LogP contribution in [0.5, 0.6) is 0 Å². The van der Waals surface area contributed by atoms with Crippen molar-refractivity contribution in [1.29, 1.82) is 0 Å². The predicted molar refractivity (Wildman–Crippen MR) is 29.8 cm³/mol. The van der Waals surface area contributed by atoms with E-state index in [1.54, 1.807) is 0 Å². The van der Waals surface area contributed by atoms with Crippen LogP contribution in [-0.4, -0.2) is 5.75 Å². The third-order valence-corrected chi connectivity index (χ3v) is 0.552. The number of rotatable bonds is 1. The van der Waals surface area contributed by atoms with Gasteiger partial charge >= 0.3 is 18.9 Å². The molecule has 0 aliphatic heterocycles. The first kappa shape index (κ1) is 9.85. The van der Waals surface area contributed by atoms with Crippen molar-refractivity contribution < 1.29 is 20.3 Å². The van der Waals surface area contributed by atoms with Crippen molar-refractivity contribution in [3.63, 3.8) is 0 Å². The summed E-state index contributed by atoms with van der Waals surface area (Å²) in [4.78, 5) is 0. The Labute approximate surface area is 58.1 Å². The first-order valence-electron chi connectivity index (χ1n) is 1.64. The minimum atomic E-state index is 0. The second-order valence-electron chi connectivity index (χ2n) is 0.752. The van der Waals surface area contributed by atoms with Crippen LogP contribution in [0.2, 0.25) is 0 Å². The summed E-state index contributed by atoms with van der Waals surface area (Å²) in [6.07, 6.45) is 3.97. The van der Waals surface area contributed by atoms with Crippen LogP contribution in [0.1, 0.15) is 8.35 Å². The molecule has 0 N–H and O–H groups in total. The maximum Gasteiger partial charge on any atom is 1.00 e. The summed E-state index contributed by atoms with van der Waals surface area (Å²) in [5.41, 5.74) is 0. The normalized spacial score (nSPS) is 8.33. The van der Waals surface area contributed by atoms with Crippen LogP contribution in [0.4, 0.5) is 0 Å². The summed E-state index contributed by atoms with van der Waals surface area (Å²) in [6, 6.07) is 0. The molecule has 6 heavy (non-hydrogen) atoms. The van der Waals surface area contributed by atoms with Crippen molar-refractivity contribution in [2.75, 3.05) is 5.75 Å². The minimum absolute atomic E-state index is 0. The number of thiol groups is 1. The Morgan fingerprint density at radius 1 is 1.83 bits per heavy atom. The van der Waals surface area contributed by atoms with Gasteiger partial charge in [-0.25, -0.2) is 0 Å². The van der Waals surface area contributed by atoms with E-state index in [1.165, 1.54) is 0 Å². The molecule has 0 nitrogen and oxygen atoms in total. The van der Waals surface area contributed by atoms with Gasteiger partial charge in [0.2, 0.25) is 0 Å². The molecule has 0 rings (SSSR count). The van der Waals surface area contributed by atoms with E-state index in [0.717, 1.165) is 5.75 Å². The minimum Gasteiger partial charge on any atom is -1.00 e. The van der Waals surface area contributed by atoms with Gasteiger partial charge in [0.15, 0.2) is 0 Å². The summed E-state index contributed by atoms with van der Waals surface area (Å²) >= 11 is 3.91. The third kappa shape index (κ3) is 8.82. The molecule has 0 saturated heterocycles. The van der Waals surface area contributed by atoms with Crippen LogP contribution in [0, 0.1) is 0 Å². The molecule has 0 aromatic rings. The first-order chi connectivity index (χ1) is 2.41. The van der Waals surface area contributed by atoms with Gasteiger partial charge in [-0.1, -0.05) is 12.2 Å². The van der Waals surface area contributed by atoms with E-state index in [9.17, 15) is 0 Å². The van der Waals surface area contributed by atoms with Crippen LogP contribution in [-0.2, 0) is 0 Å². The molecule has 0 saturated carbocycles. The summed E-state index contributed by atoms with van der Waals surface area (Å²) in [5.74, 6) is 0.858. The van der Waals surface area contributed by atoms with Crippen LogP contribution >= 0.6 is 12.6 Å². The van der Waals surface area contributed by atoms with Gasteiger partial charge in [0.25, 0.3) is 0 Å². The Bertz CT molecular complexity index is 38.7. The maximum atomic E-state index is 3.91. The fraction of sp³-hybridized carbons (Fsp3) is 0.500. The van der Waals surface area contributed by atoms with Crippen molar-refractivity contribution in [2.24, 2.45) is 0 Å². The molecule has 2 heteroatoms. The van der Waals surface area contributed by atoms with Gasteiger partial charge in [-0.3, -0.25) is 0 Å². The van der Waals surface area contributed by atoms with Crippen LogP contribution < -0.4 is 18.9 Å². The van der Waals surface area contributed by atoms with E-state index in [4.69, 9.17) is 0 Å². The maximum absolute atomic E-state index is 3.91. The van der Waals surface area contributed by atoms with E-state index in [1.807, 2.05) is 19.1 Å². The van der Waals surface area contributed by atoms with E-state index in [-0.39, 0.29) is 20.3 Å². The molecule has 0 aliphatic rings. The quantitative estimate of drug-likeness (QED) is 0.232. The molecule has 0 aliphatic carbocycles. The van der Waals surface area contributed by atoms with Gasteiger partial charge in [0.05, 0.1) is 0 Å². The molecule has 0 aromatic heterocycles. The summed E-state index contributed by atoms with van der Waals surface area (Å²) in [7, 11) is 0. The SMILES string of the molecule is CC=CCS.[H-].[Li+]. The van der Waals surface area contributed by atoms with Gasteiger partial charge in [0, 0.05) is 5.75 Å². The zero-order chi connectivity index (χ0) is 4.12. The van der Waals surface area contributed by atoms with Crippen molar-refractivity contribution in [2.45, 2.75) is 6.92 Å². The summed E-state index contributed by atoms with van der Waals surface area (Å²) in [6.45, 7) is 1.98. The fourth-order valence-corrected chi connectivity index (χ4v) is 0.316. The Kier molecular flexibility index (Phi) is 15.1. The van der Waals surface area contributed by atoms with Gasteiger partial charge in [-0.05, 0) is 6.92 Å². The van der Waals surface area contributed by atoms with Crippen LogP contribution in [0.25, 0.3) is 0 Å². The average Bonchev–Trinajstić information content (AvgIpc) is 1.41. The van der Waals surface area contributed by atoms with Gasteiger partial charge < -0.3 is 1.43 Å². The summed E-state index contributed by atoms with van der Waals surface area (Å²) in [5, 5.41) is 0. The summed E-state index contributed by atoms with van der Waals surface area (Å²) < 4.78 is 0. The van der Waals surface area contributed by atoms with Gasteiger partial charge in [-0.2, -0.15) is 12.6 Å². The largest absolute Gasteiger partial charge is 1.00 e. The van der Waals surface area contributed by atoms with E-state index in [0.29, 0.717) is 0 Å². The molecule has 0 unspecified atom stereocenters. The molecular formula is C4H9LiS.